The lowest BCUT2D eigenvalue weighted by Gasteiger charge is -2.31. The first-order chi connectivity index (χ1) is 13.7. The molecule has 0 aliphatic carbocycles. The van der Waals surface area contributed by atoms with Gasteiger partial charge in [-0.25, -0.2) is 4.39 Å². The lowest BCUT2D eigenvalue weighted by atomic mass is 9.95. The number of rotatable bonds is 3. The summed E-state index contributed by atoms with van der Waals surface area (Å²) in [5, 5.41) is 1.49. The van der Waals surface area contributed by atoms with E-state index < -0.39 is 0 Å². The topological polar surface area (TPSA) is 31.7 Å². The number of aromatic nitrogens is 1. The zero-order chi connectivity index (χ0) is 19.1. The van der Waals surface area contributed by atoms with Gasteiger partial charge in [0.2, 0.25) is 0 Å². The molecular formula is C22H25FN4S. The first-order valence-electron chi connectivity index (χ1n) is 10.2. The third-order valence-electron chi connectivity index (χ3n) is 5.91. The largest absolute Gasteiger partial charge is 0.371 e. The number of aliphatic imine (C=N–C) groups is 1. The number of nitrogens with zero attached hydrogens (tertiary/aromatic N) is 4. The van der Waals surface area contributed by atoms with Crippen LogP contribution in [-0.2, 0) is 0 Å². The molecule has 0 radical (unpaired) electrons. The molecule has 0 spiro atoms. The predicted molar refractivity (Wildman–Crippen MR) is 113 cm³/mol. The van der Waals surface area contributed by atoms with Crippen molar-refractivity contribution in [2.75, 3.05) is 24.5 Å². The van der Waals surface area contributed by atoms with E-state index in [9.17, 15) is 0 Å². The summed E-state index contributed by atoms with van der Waals surface area (Å²) in [6.45, 7) is 5.14. The van der Waals surface area contributed by atoms with E-state index in [4.69, 9.17) is 4.99 Å². The zero-order valence-electron chi connectivity index (χ0n) is 16.1. The lowest BCUT2D eigenvalue weighted by molar-refractivity contribution is 0.313. The third kappa shape index (κ3) is 3.17. The van der Waals surface area contributed by atoms with Gasteiger partial charge in [0.25, 0.3) is 0 Å². The maximum absolute atomic E-state index is 15.4. The van der Waals surface area contributed by atoms with E-state index in [1.807, 2.05) is 24.3 Å². The first kappa shape index (κ1) is 18.0. The molecule has 4 nitrogen and oxygen atoms in total. The summed E-state index contributed by atoms with van der Waals surface area (Å²) in [6.07, 6.45) is 5.44. The molecule has 6 heteroatoms. The molecule has 0 amide bonds. The van der Waals surface area contributed by atoms with Gasteiger partial charge in [0.15, 0.2) is 5.17 Å². The summed E-state index contributed by atoms with van der Waals surface area (Å²) in [4.78, 5) is 14.1. The maximum Gasteiger partial charge on any atom is 0.160 e. The van der Waals surface area contributed by atoms with Crippen molar-refractivity contribution in [1.82, 2.24) is 9.88 Å². The highest BCUT2D eigenvalue weighted by Crippen LogP contribution is 2.48. The van der Waals surface area contributed by atoms with Gasteiger partial charge >= 0.3 is 0 Å². The van der Waals surface area contributed by atoms with E-state index in [-0.39, 0.29) is 17.9 Å². The molecule has 0 bridgehead atoms. The Labute approximate surface area is 169 Å². The van der Waals surface area contributed by atoms with Crippen molar-refractivity contribution < 1.29 is 4.39 Å². The van der Waals surface area contributed by atoms with Gasteiger partial charge in [0, 0.05) is 42.3 Å². The molecule has 4 heterocycles. The Morgan fingerprint density at radius 2 is 1.96 bits per heavy atom. The number of anilines is 1. The molecule has 2 fully saturated rings. The Morgan fingerprint density at radius 3 is 2.71 bits per heavy atom. The van der Waals surface area contributed by atoms with Crippen molar-refractivity contribution in [3.8, 4) is 0 Å². The smallest absolute Gasteiger partial charge is 0.160 e. The van der Waals surface area contributed by atoms with E-state index in [0.29, 0.717) is 5.25 Å². The molecular weight excluding hydrogens is 371 g/mol. The van der Waals surface area contributed by atoms with Gasteiger partial charge in [-0.05, 0) is 43.5 Å². The molecule has 1 aromatic carbocycles. The number of hydrogen-bond donors (Lipinski definition) is 0. The van der Waals surface area contributed by atoms with Gasteiger partial charge < -0.3 is 9.80 Å². The number of amidine groups is 1. The van der Waals surface area contributed by atoms with Crippen LogP contribution in [0.2, 0.25) is 0 Å². The number of halogens is 1. The minimum absolute atomic E-state index is 0.127. The van der Waals surface area contributed by atoms with Crippen LogP contribution in [0, 0.1) is 5.82 Å². The number of pyridine rings is 1. The average molecular weight is 397 g/mol. The normalized spacial score (nSPS) is 27.1. The van der Waals surface area contributed by atoms with Crippen LogP contribution in [0.15, 0.2) is 47.6 Å². The van der Waals surface area contributed by atoms with Crippen LogP contribution in [0.3, 0.4) is 0 Å². The van der Waals surface area contributed by atoms with Crippen molar-refractivity contribution in [2.24, 2.45) is 4.99 Å². The van der Waals surface area contributed by atoms with Crippen LogP contribution in [0.4, 0.5) is 10.1 Å². The van der Waals surface area contributed by atoms with Crippen molar-refractivity contribution in [3.63, 3.8) is 0 Å². The number of piperidine rings is 1. The second kappa shape index (κ2) is 7.39. The van der Waals surface area contributed by atoms with Crippen molar-refractivity contribution in [1.29, 1.82) is 0 Å². The van der Waals surface area contributed by atoms with Crippen LogP contribution in [0.25, 0.3) is 0 Å². The Morgan fingerprint density at radius 1 is 1.11 bits per heavy atom. The quantitative estimate of drug-likeness (QED) is 0.746. The van der Waals surface area contributed by atoms with Gasteiger partial charge in [-0.1, -0.05) is 30.8 Å². The van der Waals surface area contributed by atoms with E-state index in [2.05, 4.69) is 27.8 Å². The first-order valence-corrected chi connectivity index (χ1v) is 11.0. The SMILES string of the molecule is C[C@H]1CN2C(=N[C@@H](c3ccccn3)[C@@H]2c2ccc(N3CCCCC3)cc2F)S1. The monoisotopic (exact) mass is 396 g/mol. The Bertz CT molecular complexity index is 881. The highest BCUT2D eigenvalue weighted by Gasteiger charge is 2.44. The fourth-order valence-corrected chi connectivity index (χ4v) is 5.65. The molecule has 3 aliphatic heterocycles. The molecule has 0 N–H and O–H groups in total. The second-order valence-electron chi connectivity index (χ2n) is 7.89. The number of fused-ring (bicyclic) bond motifs is 1. The summed E-state index contributed by atoms with van der Waals surface area (Å²) in [7, 11) is 0. The minimum atomic E-state index is -0.161. The average Bonchev–Trinajstić information content (AvgIpc) is 3.25. The minimum Gasteiger partial charge on any atom is -0.371 e. The summed E-state index contributed by atoms with van der Waals surface area (Å²) < 4.78 is 15.4. The summed E-state index contributed by atoms with van der Waals surface area (Å²) in [5.74, 6) is -0.130. The molecule has 146 valence electrons. The fourth-order valence-electron chi connectivity index (χ4n) is 4.56. The highest BCUT2D eigenvalue weighted by molar-refractivity contribution is 8.14. The van der Waals surface area contributed by atoms with E-state index >= 15 is 4.39 Å². The standard InChI is InChI=1S/C22H25FN4S/c1-15-14-27-21(20(25-22(27)28-15)19-7-3-4-10-24-19)17-9-8-16(13-18(17)23)26-11-5-2-6-12-26/h3-4,7-10,13,15,20-21H,2,5-6,11-12,14H2,1H3/t15-,20-,21-/m0/s1. The van der Waals surface area contributed by atoms with Crippen molar-refractivity contribution >= 4 is 22.6 Å². The summed E-state index contributed by atoms with van der Waals surface area (Å²) in [6, 6.07) is 11.4. The van der Waals surface area contributed by atoms with Gasteiger partial charge in [-0.3, -0.25) is 9.98 Å². The molecule has 0 saturated carbocycles. The van der Waals surface area contributed by atoms with Crippen LogP contribution < -0.4 is 4.90 Å². The molecule has 28 heavy (non-hydrogen) atoms. The van der Waals surface area contributed by atoms with Crippen LogP contribution in [-0.4, -0.2) is 39.9 Å². The maximum atomic E-state index is 15.4. The van der Waals surface area contributed by atoms with Gasteiger partial charge in [-0.2, -0.15) is 0 Å². The second-order valence-corrected chi connectivity index (χ2v) is 9.30. The Hall–Kier alpha value is -2.08. The predicted octanol–water partition coefficient (Wildman–Crippen LogP) is 4.80. The van der Waals surface area contributed by atoms with Gasteiger partial charge in [0.05, 0.1) is 11.7 Å². The lowest BCUT2D eigenvalue weighted by Crippen LogP contribution is -2.31. The van der Waals surface area contributed by atoms with Crippen LogP contribution in [0.5, 0.6) is 0 Å². The van der Waals surface area contributed by atoms with E-state index in [1.165, 1.54) is 19.3 Å². The van der Waals surface area contributed by atoms with E-state index in [0.717, 1.165) is 41.7 Å². The van der Waals surface area contributed by atoms with E-state index in [1.54, 1.807) is 24.0 Å². The van der Waals surface area contributed by atoms with Crippen molar-refractivity contribution in [2.45, 2.75) is 43.5 Å². The number of thioether (sulfide) groups is 1. The highest BCUT2D eigenvalue weighted by atomic mass is 32.2. The molecule has 1 aromatic heterocycles. The van der Waals surface area contributed by atoms with Crippen molar-refractivity contribution in [3.05, 3.63) is 59.7 Å². The molecule has 3 atom stereocenters. The Kier molecular flexibility index (Phi) is 4.75. The zero-order valence-corrected chi connectivity index (χ0v) is 16.9. The molecule has 2 saturated heterocycles. The third-order valence-corrected chi connectivity index (χ3v) is 7.01. The molecule has 5 rings (SSSR count). The van der Waals surface area contributed by atoms with Gasteiger partial charge in [0.1, 0.15) is 11.9 Å². The Balaban J connectivity index is 1.50. The molecule has 2 aromatic rings. The fraction of sp³-hybridized carbons (Fsp3) is 0.455. The summed E-state index contributed by atoms with van der Waals surface area (Å²) >= 11 is 1.78. The number of hydrogen-bond acceptors (Lipinski definition) is 5. The molecule has 0 unspecified atom stereocenters. The van der Waals surface area contributed by atoms with Crippen LogP contribution >= 0.6 is 11.8 Å². The van der Waals surface area contributed by atoms with Crippen LogP contribution in [0.1, 0.15) is 49.5 Å². The summed E-state index contributed by atoms with van der Waals surface area (Å²) in [5.41, 5.74) is 2.63. The van der Waals surface area contributed by atoms with Gasteiger partial charge in [-0.15, -0.1) is 0 Å². The number of benzene rings is 1. The molecule has 3 aliphatic rings.